The zero-order valence-electron chi connectivity index (χ0n) is 12.5. The van der Waals surface area contributed by atoms with E-state index >= 15 is 0 Å². The molecule has 0 bridgehead atoms. The average Bonchev–Trinajstić information content (AvgIpc) is 2.60. The molecule has 8 nitrogen and oxygen atoms in total. The molecule has 3 N–H and O–H groups in total. The lowest BCUT2D eigenvalue weighted by molar-refractivity contribution is -0.384. The Hall–Kier alpha value is -2.60. The third-order valence-corrected chi connectivity index (χ3v) is 4.12. The van der Waals surface area contributed by atoms with E-state index in [1.54, 1.807) is 24.3 Å². The van der Waals surface area contributed by atoms with Gasteiger partial charge in [-0.1, -0.05) is 12.1 Å². The van der Waals surface area contributed by atoms with Crippen molar-refractivity contribution in [2.24, 2.45) is 0 Å². The van der Waals surface area contributed by atoms with E-state index in [1.807, 2.05) is 22.6 Å². The molecule has 0 fully saturated rings. The van der Waals surface area contributed by atoms with Crippen molar-refractivity contribution >= 4 is 57.4 Å². The normalized spacial score (nSPS) is 9.80. The summed E-state index contributed by atoms with van der Waals surface area (Å²) in [5, 5.41) is 12.8. The zero-order chi connectivity index (χ0) is 18.4. The van der Waals surface area contributed by atoms with E-state index in [0.717, 1.165) is 3.57 Å². The smallest absolute Gasteiger partial charge is 0.270 e. The fourth-order valence-electron chi connectivity index (χ4n) is 1.77. The van der Waals surface area contributed by atoms with Crippen LogP contribution in [0.15, 0.2) is 48.5 Å². The summed E-state index contributed by atoms with van der Waals surface area (Å²) in [6.07, 6.45) is 0. The second-order valence-corrected chi connectivity index (χ2v) is 6.22. The summed E-state index contributed by atoms with van der Waals surface area (Å²) >= 11 is 6.96. The van der Waals surface area contributed by atoms with Gasteiger partial charge in [-0.3, -0.25) is 35.9 Å². The maximum Gasteiger partial charge on any atom is 0.270 e. The highest BCUT2D eigenvalue weighted by Gasteiger charge is 2.12. The number of hydrazine groups is 1. The standard InChI is InChI=1S/C15H11IN4O4S/c16-12-4-2-1-3-11(12)14(22)18-19-15(25)17-13(21)9-5-7-10(8-6-9)20(23)24/h1-8H,(H,18,22)(H2,17,19,21,25). The van der Waals surface area contributed by atoms with Crippen molar-refractivity contribution in [1.29, 1.82) is 0 Å². The Morgan fingerprint density at radius 1 is 1.00 bits per heavy atom. The first-order chi connectivity index (χ1) is 11.9. The Bertz CT molecular complexity index is 842. The number of carbonyl (C=O) groups is 2. The first-order valence-corrected chi connectivity index (χ1v) is 8.28. The minimum atomic E-state index is -0.561. The van der Waals surface area contributed by atoms with Gasteiger partial charge in [-0.25, -0.2) is 0 Å². The summed E-state index contributed by atoms with van der Waals surface area (Å²) in [6, 6.07) is 12.0. The van der Waals surface area contributed by atoms with Crippen molar-refractivity contribution in [3.63, 3.8) is 0 Å². The minimum absolute atomic E-state index is 0.109. The number of amides is 2. The number of benzene rings is 2. The molecule has 0 saturated heterocycles. The largest absolute Gasteiger partial charge is 0.298 e. The number of non-ortho nitro benzene ring substituents is 1. The molecule has 0 unspecified atom stereocenters. The Labute approximate surface area is 161 Å². The molecule has 0 aromatic heterocycles. The van der Waals surface area contributed by atoms with Crippen LogP contribution in [0.3, 0.4) is 0 Å². The fraction of sp³-hybridized carbons (Fsp3) is 0. The molecule has 10 heteroatoms. The first kappa shape index (κ1) is 18.7. The van der Waals surface area contributed by atoms with E-state index in [9.17, 15) is 19.7 Å². The third kappa shape index (κ3) is 5.19. The van der Waals surface area contributed by atoms with Crippen LogP contribution in [-0.2, 0) is 0 Å². The fourth-order valence-corrected chi connectivity index (χ4v) is 2.54. The maximum atomic E-state index is 12.0. The number of nitrogens with one attached hydrogen (secondary N) is 3. The van der Waals surface area contributed by atoms with Crippen LogP contribution in [0.4, 0.5) is 5.69 Å². The Morgan fingerprint density at radius 2 is 1.64 bits per heavy atom. The number of nitro groups is 1. The summed E-state index contributed by atoms with van der Waals surface area (Å²) in [6.45, 7) is 0. The number of halogens is 1. The van der Waals surface area contributed by atoms with Gasteiger partial charge in [0.25, 0.3) is 17.5 Å². The van der Waals surface area contributed by atoms with Crippen LogP contribution in [0.25, 0.3) is 0 Å². The van der Waals surface area contributed by atoms with Crippen LogP contribution < -0.4 is 16.2 Å². The SMILES string of the molecule is O=C(NC(=S)NNC(=O)c1ccccc1I)c1ccc([N+](=O)[O-])cc1. The Morgan fingerprint density at radius 3 is 2.24 bits per heavy atom. The maximum absolute atomic E-state index is 12.0. The number of hydrogen-bond acceptors (Lipinski definition) is 5. The quantitative estimate of drug-likeness (QED) is 0.274. The molecule has 0 aliphatic heterocycles. The van der Waals surface area contributed by atoms with E-state index in [0.29, 0.717) is 5.56 Å². The van der Waals surface area contributed by atoms with Crippen LogP contribution in [-0.4, -0.2) is 21.9 Å². The molecule has 0 spiro atoms. The van der Waals surface area contributed by atoms with Gasteiger partial charge in [-0.2, -0.15) is 0 Å². The monoisotopic (exact) mass is 470 g/mol. The predicted octanol–water partition coefficient (Wildman–Crippen LogP) is 2.15. The van der Waals surface area contributed by atoms with Crippen LogP contribution >= 0.6 is 34.8 Å². The highest BCUT2D eigenvalue weighted by atomic mass is 127. The van der Waals surface area contributed by atoms with Crippen LogP contribution in [0.5, 0.6) is 0 Å². The Kier molecular flexibility index (Phi) is 6.36. The van der Waals surface area contributed by atoms with Crippen molar-refractivity contribution in [2.75, 3.05) is 0 Å². The van der Waals surface area contributed by atoms with Gasteiger partial charge in [0.05, 0.1) is 10.5 Å². The van der Waals surface area contributed by atoms with Gasteiger partial charge in [0.2, 0.25) is 0 Å². The number of carbonyl (C=O) groups excluding carboxylic acids is 2. The van der Waals surface area contributed by atoms with Crippen LogP contribution in [0, 0.1) is 13.7 Å². The van der Waals surface area contributed by atoms with Gasteiger partial charge in [0, 0.05) is 21.3 Å². The number of hydrogen-bond donors (Lipinski definition) is 3. The molecule has 0 aliphatic rings. The second-order valence-electron chi connectivity index (χ2n) is 4.65. The van der Waals surface area contributed by atoms with E-state index in [2.05, 4.69) is 16.2 Å². The predicted molar refractivity (Wildman–Crippen MR) is 103 cm³/mol. The van der Waals surface area contributed by atoms with Gasteiger partial charge in [0.15, 0.2) is 5.11 Å². The van der Waals surface area contributed by atoms with Crippen molar-refractivity contribution in [2.45, 2.75) is 0 Å². The highest BCUT2D eigenvalue weighted by Crippen LogP contribution is 2.12. The minimum Gasteiger partial charge on any atom is -0.298 e. The second kappa shape index (κ2) is 8.48. The van der Waals surface area contributed by atoms with Gasteiger partial charge in [0.1, 0.15) is 0 Å². The lowest BCUT2D eigenvalue weighted by Gasteiger charge is -2.11. The third-order valence-electron chi connectivity index (χ3n) is 2.98. The molecule has 0 aliphatic carbocycles. The highest BCUT2D eigenvalue weighted by molar-refractivity contribution is 14.1. The zero-order valence-corrected chi connectivity index (χ0v) is 15.5. The number of thiocarbonyl (C=S) groups is 1. The van der Waals surface area contributed by atoms with Gasteiger partial charge in [-0.15, -0.1) is 0 Å². The molecule has 25 heavy (non-hydrogen) atoms. The molecule has 2 rings (SSSR count). The van der Waals surface area contributed by atoms with Gasteiger partial charge in [-0.05, 0) is 59.1 Å². The summed E-state index contributed by atoms with van der Waals surface area (Å²) in [5.74, 6) is -0.965. The molecular formula is C15H11IN4O4S. The molecule has 0 saturated carbocycles. The molecule has 0 radical (unpaired) electrons. The van der Waals surface area contributed by atoms with Gasteiger partial charge < -0.3 is 0 Å². The number of nitro benzene ring substituents is 1. The van der Waals surface area contributed by atoms with Crippen molar-refractivity contribution in [3.8, 4) is 0 Å². The molecule has 2 amide bonds. The molecular weight excluding hydrogens is 459 g/mol. The van der Waals surface area contributed by atoms with Crippen molar-refractivity contribution < 1.29 is 14.5 Å². The molecule has 128 valence electrons. The first-order valence-electron chi connectivity index (χ1n) is 6.79. The van der Waals surface area contributed by atoms with E-state index in [4.69, 9.17) is 12.2 Å². The molecule has 2 aromatic rings. The summed E-state index contributed by atoms with van der Waals surface area (Å²) in [5.41, 5.74) is 5.34. The van der Waals surface area contributed by atoms with Crippen LogP contribution in [0.2, 0.25) is 0 Å². The van der Waals surface area contributed by atoms with Crippen LogP contribution in [0.1, 0.15) is 20.7 Å². The molecule has 2 aromatic carbocycles. The number of rotatable bonds is 3. The summed E-state index contributed by atoms with van der Waals surface area (Å²) in [7, 11) is 0. The average molecular weight is 470 g/mol. The lowest BCUT2D eigenvalue weighted by atomic mass is 10.2. The van der Waals surface area contributed by atoms with E-state index < -0.39 is 16.7 Å². The lowest BCUT2D eigenvalue weighted by Crippen LogP contribution is -2.48. The molecule has 0 heterocycles. The van der Waals surface area contributed by atoms with Crippen molar-refractivity contribution in [3.05, 3.63) is 73.3 Å². The van der Waals surface area contributed by atoms with Crippen molar-refractivity contribution in [1.82, 2.24) is 16.2 Å². The topological polar surface area (TPSA) is 113 Å². The summed E-state index contributed by atoms with van der Waals surface area (Å²) < 4.78 is 0.764. The van der Waals surface area contributed by atoms with E-state index in [1.165, 1.54) is 24.3 Å². The summed E-state index contributed by atoms with van der Waals surface area (Å²) in [4.78, 5) is 34.0. The number of nitrogens with zero attached hydrogens (tertiary/aromatic N) is 1. The molecule has 0 atom stereocenters. The Balaban J connectivity index is 1.89. The van der Waals surface area contributed by atoms with Gasteiger partial charge >= 0.3 is 0 Å². The van der Waals surface area contributed by atoms with E-state index in [-0.39, 0.29) is 16.4 Å².